The molecule has 0 saturated carbocycles. The normalized spacial score (nSPS) is 13.4. The van der Waals surface area contributed by atoms with Gasteiger partial charge in [0.05, 0.1) is 38.3 Å². The maximum atomic E-state index is 12.9. The van der Waals surface area contributed by atoms with Crippen molar-refractivity contribution in [2.24, 2.45) is 11.8 Å². The van der Waals surface area contributed by atoms with Gasteiger partial charge in [0, 0.05) is 39.3 Å². The molecule has 0 aliphatic rings. The first-order valence-electron chi connectivity index (χ1n) is 29.0. The number of carbonyl (C=O) groups is 4. The van der Waals surface area contributed by atoms with Crippen molar-refractivity contribution in [1.82, 2.24) is 14.7 Å². The largest absolute Gasteiger partial charge is 0.465 e. The van der Waals surface area contributed by atoms with Crippen molar-refractivity contribution in [3.05, 3.63) is 0 Å². The van der Waals surface area contributed by atoms with Crippen LogP contribution in [0.1, 0.15) is 233 Å². The third-order valence-electron chi connectivity index (χ3n) is 13.6. The van der Waals surface area contributed by atoms with Gasteiger partial charge >= 0.3 is 23.9 Å². The molecule has 2 N–H and O–H groups in total. The number of unbranched alkanes of at least 4 members (excludes halogenated alkanes) is 22. The quantitative estimate of drug-likeness (QED) is 0.0338. The molecular formula is C57H111N3O10. The number of aliphatic hydroxyl groups is 2. The molecule has 4 atom stereocenters. The van der Waals surface area contributed by atoms with Crippen molar-refractivity contribution in [3.8, 4) is 0 Å². The summed E-state index contributed by atoms with van der Waals surface area (Å²) in [6.07, 6.45) is 31.7. The van der Waals surface area contributed by atoms with E-state index in [9.17, 15) is 29.4 Å². The average molecular weight is 999 g/mol. The van der Waals surface area contributed by atoms with Crippen molar-refractivity contribution >= 4 is 23.9 Å². The van der Waals surface area contributed by atoms with Crippen LogP contribution in [-0.4, -0.2) is 148 Å². The Morgan fingerprint density at radius 3 is 0.857 bits per heavy atom. The molecule has 0 aromatic carbocycles. The number of esters is 4. The van der Waals surface area contributed by atoms with Gasteiger partial charge in [0.15, 0.2) is 12.2 Å². The molecule has 0 aromatic heterocycles. The highest BCUT2D eigenvalue weighted by Gasteiger charge is 2.23. The van der Waals surface area contributed by atoms with Gasteiger partial charge in [0.25, 0.3) is 0 Å². The first-order valence-corrected chi connectivity index (χ1v) is 29.0. The average Bonchev–Trinajstić information content (AvgIpc) is 3.34. The van der Waals surface area contributed by atoms with E-state index in [1.165, 1.54) is 103 Å². The lowest BCUT2D eigenvalue weighted by atomic mass is 9.94. The lowest BCUT2D eigenvalue weighted by Crippen LogP contribution is -2.42. The molecule has 0 amide bonds. The van der Waals surface area contributed by atoms with Gasteiger partial charge in [-0.05, 0) is 98.2 Å². The van der Waals surface area contributed by atoms with Crippen molar-refractivity contribution in [2.75, 3.05) is 86.8 Å². The van der Waals surface area contributed by atoms with Gasteiger partial charge in [-0.3, -0.25) is 9.59 Å². The maximum absolute atomic E-state index is 12.9. The zero-order chi connectivity index (χ0) is 51.9. The van der Waals surface area contributed by atoms with Crippen LogP contribution in [-0.2, 0) is 38.1 Å². The van der Waals surface area contributed by atoms with Crippen molar-refractivity contribution < 1.29 is 48.3 Å². The van der Waals surface area contributed by atoms with Gasteiger partial charge in [0.2, 0.25) is 0 Å². The Morgan fingerprint density at radius 2 is 0.557 bits per heavy atom. The van der Waals surface area contributed by atoms with Gasteiger partial charge in [-0.1, -0.05) is 156 Å². The highest BCUT2D eigenvalue weighted by atomic mass is 16.6. The topological polar surface area (TPSA) is 155 Å². The van der Waals surface area contributed by atoms with Gasteiger partial charge in [-0.15, -0.1) is 0 Å². The second-order valence-corrected chi connectivity index (χ2v) is 20.6. The summed E-state index contributed by atoms with van der Waals surface area (Å²) in [4.78, 5) is 56.6. The van der Waals surface area contributed by atoms with Crippen LogP contribution >= 0.6 is 0 Å². The number of hydrogen-bond donors (Lipinski definition) is 2. The van der Waals surface area contributed by atoms with E-state index in [2.05, 4.69) is 32.6 Å². The Bertz CT molecular complexity index is 1140. The van der Waals surface area contributed by atoms with E-state index in [0.29, 0.717) is 52.2 Å². The Balaban J connectivity index is 4.15. The third kappa shape index (κ3) is 41.2. The van der Waals surface area contributed by atoms with Gasteiger partial charge < -0.3 is 43.9 Å². The Hall–Kier alpha value is -2.32. The molecule has 0 heterocycles. The summed E-state index contributed by atoms with van der Waals surface area (Å²) in [5, 5.41) is 20.9. The van der Waals surface area contributed by atoms with Crippen LogP contribution in [0.25, 0.3) is 0 Å². The zero-order valence-electron chi connectivity index (χ0n) is 46.5. The van der Waals surface area contributed by atoms with E-state index in [1.807, 2.05) is 30.9 Å². The van der Waals surface area contributed by atoms with Crippen LogP contribution < -0.4 is 0 Å². The lowest BCUT2D eigenvalue weighted by molar-refractivity contribution is -0.155. The van der Waals surface area contributed by atoms with Crippen LogP contribution in [0.15, 0.2) is 0 Å². The predicted molar refractivity (Wildman–Crippen MR) is 286 cm³/mol. The maximum Gasteiger partial charge on any atom is 0.336 e. The van der Waals surface area contributed by atoms with E-state index in [0.717, 1.165) is 89.9 Å². The number of nitrogens with zero attached hydrogens (tertiary/aromatic N) is 3. The summed E-state index contributed by atoms with van der Waals surface area (Å²) in [6.45, 7) is 13.2. The second-order valence-electron chi connectivity index (χ2n) is 20.6. The summed E-state index contributed by atoms with van der Waals surface area (Å²) < 4.78 is 22.1. The second kappa shape index (κ2) is 48.9. The molecule has 0 fully saturated rings. The number of carbonyl (C=O) groups excluding carboxylic acids is 4. The third-order valence-corrected chi connectivity index (χ3v) is 13.6. The predicted octanol–water partition coefficient (Wildman–Crippen LogP) is 11.5. The molecule has 13 heteroatoms. The summed E-state index contributed by atoms with van der Waals surface area (Å²) in [7, 11) is 5.70. The van der Waals surface area contributed by atoms with Gasteiger partial charge in [-0.25, -0.2) is 9.59 Å². The molecule has 0 spiro atoms. The minimum Gasteiger partial charge on any atom is -0.465 e. The van der Waals surface area contributed by atoms with Crippen molar-refractivity contribution in [2.45, 2.75) is 245 Å². The number of ether oxygens (including phenoxy) is 4. The standard InChI is InChI=1S/C57H111N3O10/c1-8-12-16-20-22-30-38-50(36-28-18-14-10-3)54(63)67-44-32-24-26-34-46-69-56(65)52(61)48-59(6)42-40-58(5)41-43-60(7)49-53(62)57(66)70-47-35-27-25-33-45-68-55(64)51(37-29-19-15-11-4)39-31-23-21-17-13-9-2/h50-53,61-62H,8-49H2,1-7H3. The van der Waals surface area contributed by atoms with Gasteiger partial charge in [-0.2, -0.15) is 0 Å². The van der Waals surface area contributed by atoms with Gasteiger partial charge in [0.1, 0.15) is 0 Å². The smallest absolute Gasteiger partial charge is 0.336 e. The Morgan fingerprint density at radius 1 is 0.329 bits per heavy atom. The molecule has 0 saturated heterocycles. The molecule has 4 unspecified atom stereocenters. The molecule has 70 heavy (non-hydrogen) atoms. The Kier molecular flexibility index (Phi) is 47.3. The SMILES string of the molecule is CCCCCCCCC(CCCCCC)C(=O)OCCCCCCOC(=O)C(O)CN(C)CCN(C)CCN(C)CC(O)C(=O)OCCCCCCOC(=O)C(CCCCCC)CCCCCCCC. The fraction of sp³-hybridized carbons (Fsp3) is 0.930. The van der Waals surface area contributed by atoms with Crippen LogP contribution in [0, 0.1) is 11.8 Å². The summed E-state index contributed by atoms with van der Waals surface area (Å²) in [6, 6.07) is 0. The lowest BCUT2D eigenvalue weighted by Gasteiger charge is -2.26. The molecular weight excluding hydrogens is 887 g/mol. The van der Waals surface area contributed by atoms with E-state index >= 15 is 0 Å². The van der Waals surface area contributed by atoms with Crippen LogP contribution in [0.5, 0.6) is 0 Å². The molecule has 13 nitrogen and oxygen atoms in total. The zero-order valence-corrected chi connectivity index (χ0v) is 46.5. The minimum absolute atomic E-state index is 0.0147. The Labute approximate surface area is 429 Å². The van der Waals surface area contributed by atoms with Crippen LogP contribution in [0.4, 0.5) is 0 Å². The molecule has 0 rings (SSSR count). The molecule has 0 radical (unpaired) electrons. The number of hydrogen-bond acceptors (Lipinski definition) is 13. The highest BCUT2D eigenvalue weighted by Crippen LogP contribution is 2.22. The summed E-state index contributed by atoms with van der Waals surface area (Å²) in [5.41, 5.74) is 0. The fourth-order valence-corrected chi connectivity index (χ4v) is 8.69. The van der Waals surface area contributed by atoms with Crippen molar-refractivity contribution in [3.63, 3.8) is 0 Å². The first-order chi connectivity index (χ1) is 33.9. The monoisotopic (exact) mass is 998 g/mol. The van der Waals surface area contributed by atoms with Crippen LogP contribution in [0.3, 0.4) is 0 Å². The van der Waals surface area contributed by atoms with Crippen molar-refractivity contribution in [1.29, 1.82) is 0 Å². The molecule has 0 aliphatic heterocycles. The molecule has 0 aromatic rings. The number of aliphatic hydroxyl groups excluding tert-OH is 2. The number of rotatable bonds is 52. The molecule has 414 valence electrons. The highest BCUT2D eigenvalue weighted by molar-refractivity contribution is 5.75. The summed E-state index contributed by atoms with van der Waals surface area (Å²) >= 11 is 0. The fourth-order valence-electron chi connectivity index (χ4n) is 8.69. The number of likely N-dealkylation sites (N-methyl/N-ethyl adjacent to an activating group) is 3. The van der Waals surface area contributed by atoms with E-state index in [4.69, 9.17) is 18.9 Å². The van der Waals surface area contributed by atoms with Crippen LogP contribution in [0.2, 0.25) is 0 Å². The minimum atomic E-state index is -1.23. The summed E-state index contributed by atoms with van der Waals surface area (Å²) in [5.74, 6) is -1.28. The van der Waals surface area contributed by atoms with E-state index in [1.54, 1.807) is 0 Å². The molecule has 0 aliphatic carbocycles. The molecule has 0 bridgehead atoms. The van der Waals surface area contributed by atoms with E-state index < -0.39 is 24.1 Å². The first kappa shape index (κ1) is 67.7. The van der Waals surface area contributed by atoms with E-state index in [-0.39, 0.29) is 50.1 Å².